The molecule has 1 aliphatic rings. The second-order valence-corrected chi connectivity index (χ2v) is 7.68. The Hall–Kier alpha value is -2.98. The van der Waals surface area contributed by atoms with E-state index in [4.69, 9.17) is 14.2 Å². The summed E-state index contributed by atoms with van der Waals surface area (Å²) in [4.78, 5) is 12.4. The Morgan fingerprint density at radius 3 is 2.93 bits per heavy atom. The first kappa shape index (κ1) is 20.3. The van der Waals surface area contributed by atoms with Gasteiger partial charge in [0.1, 0.15) is 5.82 Å². The summed E-state index contributed by atoms with van der Waals surface area (Å²) in [6.07, 6.45) is 2.66. The number of rotatable bonds is 9. The van der Waals surface area contributed by atoms with E-state index in [2.05, 4.69) is 26.1 Å². The van der Waals surface area contributed by atoms with E-state index < -0.39 is 0 Å². The van der Waals surface area contributed by atoms with Crippen molar-refractivity contribution >= 4 is 23.4 Å². The van der Waals surface area contributed by atoms with Crippen molar-refractivity contribution in [3.63, 3.8) is 0 Å². The van der Waals surface area contributed by atoms with Gasteiger partial charge < -0.3 is 28.7 Å². The number of carbonyl (C=O) groups excluding carboxylic acids is 1. The lowest BCUT2D eigenvalue weighted by molar-refractivity contribution is -0.113. The smallest absolute Gasteiger partial charge is 0.234 e. The molecule has 158 valence electrons. The number of carbonyl (C=O) groups is 1. The Bertz CT molecular complexity index is 1030. The maximum absolute atomic E-state index is 12.4. The van der Waals surface area contributed by atoms with Crippen molar-refractivity contribution < 1.29 is 19.0 Å². The van der Waals surface area contributed by atoms with Crippen LogP contribution in [0.4, 0.5) is 5.69 Å². The number of aromatic nitrogens is 4. The molecule has 0 atom stereocenters. The highest BCUT2D eigenvalue weighted by atomic mass is 32.2. The molecule has 3 heterocycles. The van der Waals surface area contributed by atoms with E-state index in [9.17, 15) is 4.79 Å². The summed E-state index contributed by atoms with van der Waals surface area (Å²) < 4.78 is 19.9. The number of nitrogens with one attached hydrogen (secondary N) is 1. The third kappa shape index (κ3) is 4.60. The molecular weight excluding hydrogens is 406 g/mol. The first-order valence-corrected chi connectivity index (χ1v) is 10.5. The second-order valence-electron chi connectivity index (χ2n) is 6.74. The first-order chi connectivity index (χ1) is 14.6. The number of amides is 1. The summed E-state index contributed by atoms with van der Waals surface area (Å²) >= 11 is 1.35. The van der Waals surface area contributed by atoms with Crippen molar-refractivity contribution in [2.45, 2.75) is 18.1 Å². The van der Waals surface area contributed by atoms with E-state index in [0.717, 1.165) is 11.5 Å². The molecule has 30 heavy (non-hydrogen) atoms. The molecule has 0 unspecified atom stereocenters. The van der Waals surface area contributed by atoms with E-state index in [1.54, 1.807) is 25.3 Å². The Morgan fingerprint density at radius 2 is 2.13 bits per heavy atom. The Kier molecular flexibility index (Phi) is 6.24. The van der Waals surface area contributed by atoms with Gasteiger partial charge in [-0.3, -0.25) is 4.79 Å². The van der Waals surface area contributed by atoms with Gasteiger partial charge in [-0.05, 0) is 24.3 Å². The van der Waals surface area contributed by atoms with Crippen LogP contribution >= 0.6 is 11.8 Å². The number of thioether (sulfide) groups is 1. The normalized spacial score (nSPS) is 12.3. The minimum atomic E-state index is -0.135. The van der Waals surface area contributed by atoms with Gasteiger partial charge in [0.15, 0.2) is 16.7 Å². The van der Waals surface area contributed by atoms with E-state index in [1.165, 1.54) is 11.8 Å². The molecule has 9 nitrogen and oxygen atoms in total. The van der Waals surface area contributed by atoms with Gasteiger partial charge in [-0.1, -0.05) is 11.8 Å². The maximum Gasteiger partial charge on any atom is 0.234 e. The van der Waals surface area contributed by atoms with Crippen LogP contribution in [0.15, 0.2) is 41.7 Å². The van der Waals surface area contributed by atoms with Crippen LogP contribution < -0.4 is 14.8 Å². The number of aryl methyl sites for hydroxylation is 1. The fraction of sp³-hybridized carbons (Fsp3) is 0.350. The van der Waals surface area contributed by atoms with E-state index in [0.29, 0.717) is 41.9 Å². The number of hydrogen-bond acceptors (Lipinski definition) is 7. The number of nitrogens with zero attached hydrogens (tertiary/aromatic N) is 4. The van der Waals surface area contributed by atoms with Crippen LogP contribution in [-0.2, 0) is 29.5 Å². The van der Waals surface area contributed by atoms with Crippen LogP contribution in [0.5, 0.6) is 11.5 Å². The molecule has 0 bridgehead atoms. The zero-order chi connectivity index (χ0) is 20.9. The van der Waals surface area contributed by atoms with E-state index in [-0.39, 0.29) is 18.5 Å². The van der Waals surface area contributed by atoms with Crippen molar-refractivity contribution in [3.05, 3.63) is 48.0 Å². The van der Waals surface area contributed by atoms with Crippen molar-refractivity contribution in [2.24, 2.45) is 7.05 Å². The second kappa shape index (κ2) is 9.23. The average Bonchev–Trinajstić information content (AvgIpc) is 3.46. The van der Waals surface area contributed by atoms with Gasteiger partial charge in [0.25, 0.3) is 0 Å². The zero-order valence-electron chi connectivity index (χ0n) is 16.8. The van der Waals surface area contributed by atoms with E-state index >= 15 is 0 Å². The van der Waals surface area contributed by atoms with Crippen molar-refractivity contribution in [1.82, 2.24) is 19.3 Å². The van der Waals surface area contributed by atoms with Gasteiger partial charge in [-0.25, -0.2) is 0 Å². The van der Waals surface area contributed by atoms with Crippen LogP contribution in [0.3, 0.4) is 0 Å². The summed E-state index contributed by atoms with van der Waals surface area (Å²) in [7, 11) is 3.66. The molecule has 0 spiro atoms. The standard InChI is InChI=1S/C20H23N5O4S/c1-24-7-3-4-15(24)11-18-22-23-20(25(18)8-9-27-2)30-12-19(26)21-14-5-6-16-17(10-14)29-13-28-16/h3-7,10H,8-9,11-13H2,1-2H3,(H,21,26). The molecule has 0 aliphatic carbocycles. The summed E-state index contributed by atoms with van der Waals surface area (Å²) in [5.41, 5.74) is 1.80. The van der Waals surface area contributed by atoms with Gasteiger partial charge in [-0.15, -0.1) is 10.2 Å². The van der Waals surface area contributed by atoms with Gasteiger partial charge in [0.2, 0.25) is 12.7 Å². The lowest BCUT2D eigenvalue weighted by atomic mass is 10.3. The first-order valence-electron chi connectivity index (χ1n) is 9.47. The van der Waals surface area contributed by atoms with E-state index in [1.807, 2.05) is 23.9 Å². The molecule has 1 aromatic carbocycles. The fourth-order valence-electron chi connectivity index (χ4n) is 3.11. The van der Waals surface area contributed by atoms with Crippen LogP contribution in [0.2, 0.25) is 0 Å². The van der Waals surface area contributed by atoms with Gasteiger partial charge in [0.05, 0.1) is 12.4 Å². The third-order valence-corrected chi connectivity index (χ3v) is 5.66. The predicted molar refractivity (Wildman–Crippen MR) is 112 cm³/mol. The highest BCUT2D eigenvalue weighted by molar-refractivity contribution is 7.99. The third-order valence-electron chi connectivity index (χ3n) is 4.69. The average molecular weight is 430 g/mol. The number of methoxy groups -OCH3 is 1. The number of hydrogen-bond donors (Lipinski definition) is 1. The summed E-state index contributed by atoms with van der Waals surface area (Å²) in [6, 6.07) is 9.38. The molecule has 0 saturated heterocycles. The van der Waals surface area contributed by atoms with Crippen LogP contribution in [0.25, 0.3) is 0 Å². The molecule has 0 fully saturated rings. The minimum Gasteiger partial charge on any atom is -0.454 e. The highest BCUT2D eigenvalue weighted by Crippen LogP contribution is 2.34. The molecule has 1 aliphatic heterocycles. The molecular formula is C20H23N5O4S. The molecule has 3 aromatic rings. The molecule has 2 aromatic heterocycles. The Morgan fingerprint density at radius 1 is 1.27 bits per heavy atom. The number of anilines is 1. The monoisotopic (exact) mass is 429 g/mol. The Labute approximate surface area is 178 Å². The predicted octanol–water partition coefficient (Wildman–Crippen LogP) is 2.31. The topological polar surface area (TPSA) is 92.4 Å². The van der Waals surface area contributed by atoms with Crippen molar-refractivity contribution in [3.8, 4) is 11.5 Å². The lowest BCUT2D eigenvalue weighted by Gasteiger charge is -2.10. The highest BCUT2D eigenvalue weighted by Gasteiger charge is 2.17. The lowest BCUT2D eigenvalue weighted by Crippen LogP contribution is -2.15. The van der Waals surface area contributed by atoms with Crippen molar-refractivity contribution in [2.75, 3.05) is 31.6 Å². The van der Waals surface area contributed by atoms with Gasteiger partial charge >= 0.3 is 0 Å². The minimum absolute atomic E-state index is 0.135. The number of fused-ring (bicyclic) bond motifs is 1. The Balaban J connectivity index is 1.40. The SMILES string of the molecule is COCCn1c(Cc2cccn2C)nnc1SCC(=O)Nc1ccc2c(c1)OCO2. The number of benzene rings is 1. The van der Waals surface area contributed by atoms with Crippen LogP contribution in [0.1, 0.15) is 11.5 Å². The van der Waals surface area contributed by atoms with Crippen LogP contribution in [-0.4, -0.2) is 51.5 Å². The molecule has 1 amide bonds. The summed E-state index contributed by atoms with van der Waals surface area (Å²) in [5, 5.41) is 12.2. The maximum atomic E-state index is 12.4. The summed E-state index contributed by atoms with van der Waals surface area (Å²) in [6.45, 7) is 1.36. The summed E-state index contributed by atoms with van der Waals surface area (Å²) in [5.74, 6) is 2.23. The zero-order valence-corrected chi connectivity index (χ0v) is 17.6. The fourth-order valence-corrected chi connectivity index (χ4v) is 3.89. The van der Waals surface area contributed by atoms with Crippen LogP contribution in [0, 0.1) is 0 Å². The molecule has 10 heteroatoms. The number of ether oxygens (including phenoxy) is 3. The largest absolute Gasteiger partial charge is 0.454 e. The molecule has 4 rings (SSSR count). The van der Waals surface area contributed by atoms with Crippen molar-refractivity contribution in [1.29, 1.82) is 0 Å². The molecule has 0 saturated carbocycles. The molecule has 0 radical (unpaired) electrons. The molecule has 1 N–H and O–H groups in total. The quantitative estimate of drug-likeness (QED) is 0.522. The van der Waals surface area contributed by atoms with Gasteiger partial charge in [0, 0.05) is 50.8 Å². The van der Waals surface area contributed by atoms with Gasteiger partial charge in [-0.2, -0.15) is 0 Å².